The molecule has 0 aliphatic heterocycles. The predicted molar refractivity (Wildman–Crippen MR) is 68.0 cm³/mol. The molecule has 3 heteroatoms. The Morgan fingerprint density at radius 1 is 0.833 bits per heavy atom. The number of carbonyl (C=O) groups is 2. The van der Waals surface area contributed by atoms with E-state index in [1.54, 1.807) is 12.1 Å². The Balaban J connectivity index is 2.20. The number of carbonyl (C=O) groups excluding carboxylic acids is 2. The van der Waals surface area contributed by atoms with Gasteiger partial charge in [0.05, 0.1) is 5.56 Å². The Kier molecular flexibility index (Phi) is 3.53. The van der Waals surface area contributed by atoms with Crippen molar-refractivity contribution in [1.82, 2.24) is 0 Å². The smallest absolute Gasteiger partial charge is 0.345 e. The van der Waals surface area contributed by atoms with E-state index in [4.69, 9.17) is 0 Å². The molecule has 0 N–H and O–H groups in total. The van der Waals surface area contributed by atoms with Crippen molar-refractivity contribution in [2.45, 2.75) is 6.92 Å². The van der Waals surface area contributed by atoms with Crippen LogP contribution in [0.3, 0.4) is 0 Å². The van der Waals surface area contributed by atoms with Gasteiger partial charge >= 0.3 is 11.9 Å². The van der Waals surface area contributed by atoms with E-state index in [0.717, 1.165) is 11.1 Å². The monoisotopic (exact) mass is 240 g/mol. The van der Waals surface area contributed by atoms with Gasteiger partial charge in [0, 0.05) is 6.92 Å². The van der Waals surface area contributed by atoms with Crippen molar-refractivity contribution in [3.05, 3.63) is 60.2 Å². The molecule has 0 spiro atoms. The maximum Gasteiger partial charge on any atom is 0.345 e. The lowest BCUT2D eigenvalue weighted by molar-refractivity contribution is -0.135. The van der Waals surface area contributed by atoms with Crippen molar-refractivity contribution in [3.63, 3.8) is 0 Å². The molecule has 0 radical (unpaired) electrons. The molecule has 0 unspecified atom stereocenters. The minimum atomic E-state index is -0.623. The SMILES string of the molecule is CC(=O)OC(=O)c1ccc(-c2ccccc2)cc1. The van der Waals surface area contributed by atoms with Gasteiger partial charge in [0.15, 0.2) is 0 Å². The van der Waals surface area contributed by atoms with Crippen LogP contribution in [0, 0.1) is 0 Å². The minimum absolute atomic E-state index is 0.366. The first-order chi connectivity index (χ1) is 8.66. The third-order valence-electron chi connectivity index (χ3n) is 2.46. The number of hydrogen-bond acceptors (Lipinski definition) is 3. The number of ether oxygens (including phenoxy) is 1. The molecule has 0 fully saturated rings. The Morgan fingerprint density at radius 3 is 1.94 bits per heavy atom. The highest BCUT2D eigenvalue weighted by Crippen LogP contribution is 2.19. The summed E-state index contributed by atoms with van der Waals surface area (Å²) in [7, 11) is 0. The maximum absolute atomic E-state index is 11.5. The van der Waals surface area contributed by atoms with E-state index in [1.807, 2.05) is 42.5 Å². The van der Waals surface area contributed by atoms with E-state index < -0.39 is 11.9 Å². The van der Waals surface area contributed by atoms with Gasteiger partial charge in [0.2, 0.25) is 0 Å². The Morgan fingerprint density at radius 2 is 1.39 bits per heavy atom. The third-order valence-corrected chi connectivity index (χ3v) is 2.46. The van der Waals surface area contributed by atoms with Gasteiger partial charge in [0.1, 0.15) is 0 Å². The topological polar surface area (TPSA) is 43.4 Å². The Hall–Kier alpha value is -2.42. The zero-order valence-corrected chi connectivity index (χ0v) is 9.92. The number of hydrogen-bond donors (Lipinski definition) is 0. The maximum atomic E-state index is 11.5. The fraction of sp³-hybridized carbons (Fsp3) is 0.0667. The second-order valence-electron chi connectivity index (χ2n) is 3.82. The summed E-state index contributed by atoms with van der Waals surface area (Å²) in [4.78, 5) is 22.1. The molecule has 0 saturated heterocycles. The van der Waals surface area contributed by atoms with E-state index in [9.17, 15) is 9.59 Å². The molecule has 2 rings (SSSR count). The summed E-state index contributed by atoms with van der Waals surface area (Å²) in [6, 6.07) is 16.8. The summed E-state index contributed by atoms with van der Waals surface area (Å²) in [5.41, 5.74) is 2.45. The molecule has 90 valence electrons. The van der Waals surface area contributed by atoms with E-state index in [0.29, 0.717) is 5.56 Å². The molecule has 0 aromatic heterocycles. The van der Waals surface area contributed by atoms with Crippen LogP contribution in [0.5, 0.6) is 0 Å². The van der Waals surface area contributed by atoms with E-state index in [-0.39, 0.29) is 0 Å². The third kappa shape index (κ3) is 2.83. The molecule has 18 heavy (non-hydrogen) atoms. The van der Waals surface area contributed by atoms with Crippen molar-refractivity contribution < 1.29 is 14.3 Å². The van der Waals surface area contributed by atoms with Gasteiger partial charge in [0.25, 0.3) is 0 Å². The van der Waals surface area contributed by atoms with E-state index >= 15 is 0 Å². The van der Waals surface area contributed by atoms with E-state index in [1.165, 1.54) is 6.92 Å². The average molecular weight is 240 g/mol. The fourth-order valence-corrected chi connectivity index (χ4v) is 1.62. The summed E-state index contributed by atoms with van der Waals surface area (Å²) < 4.78 is 4.50. The fourth-order valence-electron chi connectivity index (χ4n) is 1.62. The van der Waals surface area contributed by atoms with Gasteiger partial charge in [-0.15, -0.1) is 0 Å². The molecule has 0 aliphatic carbocycles. The number of benzene rings is 2. The Labute approximate surface area is 105 Å². The summed E-state index contributed by atoms with van der Waals surface area (Å²) >= 11 is 0. The molecular weight excluding hydrogens is 228 g/mol. The molecule has 0 aliphatic rings. The van der Waals surface area contributed by atoms with Crippen molar-refractivity contribution in [1.29, 1.82) is 0 Å². The van der Waals surface area contributed by atoms with Crippen LogP contribution >= 0.6 is 0 Å². The Bertz CT molecular complexity index is 556. The molecule has 0 saturated carbocycles. The van der Waals surface area contributed by atoms with Crippen LogP contribution in [0.25, 0.3) is 11.1 Å². The van der Waals surface area contributed by atoms with Crippen molar-refractivity contribution in [2.75, 3.05) is 0 Å². The first-order valence-corrected chi connectivity index (χ1v) is 5.55. The standard InChI is InChI=1S/C15H12O3/c1-11(16)18-15(17)14-9-7-13(8-10-14)12-5-3-2-4-6-12/h2-10H,1H3. The minimum Gasteiger partial charge on any atom is -0.390 e. The molecular formula is C15H12O3. The van der Waals surface area contributed by atoms with Gasteiger partial charge in [-0.1, -0.05) is 42.5 Å². The predicted octanol–water partition coefficient (Wildman–Crippen LogP) is 3.06. The zero-order valence-electron chi connectivity index (χ0n) is 9.92. The normalized spacial score (nSPS) is 9.83. The lowest BCUT2D eigenvalue weighted by atomic mass is 10.0. The second-order valence-corrected chi connectivity index (χ2v) is 3.82. The first kappa shape index (κ1) is 12.0. The van der Waals surface area contributed by atoms with Gasteiger partial charge < -0.3 is 4.74 Å². The number of rotatable bonds is 2. The molecule has 0 heterocycles. The average Bonchev–Trinajstić information content (AvgIpc) is 2.39. The van der Waals surface area contributed by atoms with Crippen molar-refractivity contribution in [2.24, 2.45) is 0 Å². The molecule has 3 nitrogen and oxygen atoms in total. The molecule has 0 bridgehead atoms. The lowest BCUT2D eigenvalue weighted by Gasteiger charge is -2.03. The van der Waals surface area contributed by atoms with Gasteiger partial charge in [-0.25, -0.2) is 4.79 Å². The van der Waals surface area contributed by atoms with Gasteiger partial charge in [-0.3, -0.25) is 4.79 Å². The number of esters is 2. The summed E-state index contributed by atoms with van der Waals surface area (Å²) in [5.74, 6) is -1.23. The van der Waals surface area contributed by atoms with Gasteiger partial charge in [-0.2, -0.15) is 0 Å². The van der Waals surface area contributed by atoms with Crippen molar-refractivity contribution >= 4 is 11.9 Å². The quantitative estimate of drug-likeness (QED) is 0.598. The molecule has 0 atom stereocenters. The molecule has 0 amide bonds. The second kappa shape index (κ2) is 5.27. The summed E-state index contributed by atoms with van der Waals surface area (Å²) in [6.45, 7) is 1.20. The highest BCUT2D eigenvalue weighted by molar-refractivity contribution is 5.96. The summed E-state index contributed by atoms with van der Waals surface area (Å²) in [5, 5.41) is 0. The largest absolute Gasteiger partial charge is 0.390 e. The molecule has 2 aromatic carbocycles. The van der Waals surface area contributed by atoms with E-state index in [2.05, 4.69) is 4.74 Å². The van der Waals surface area contributed by atoms with Crippen LogP contribution in [-0.4, -0.2) is 11.9 Å². The van der Waals surface area contributed by atoms with Crippen LogP contribution in [0.15, 0.2) is 54.6 Å². The van der Waals surface area contributed by atoms with Gasteiger partial charge in [-0.05, 0) is 23.3 Å². The van der Waals surface area contributed by atoms with Crippen LogP contribution in [-0.2, 0) is 9.53 Å². The highest BCUT2D eigenvalue weighted by atomic mass is 16.6. The first-order valence-electron chi connectivity index (χ1n) is 5.55. The van der Waals surface area contributed by atoms with Crippen LogP contribution in [0.4, 0.5) is 0 Å². The zero-order chi connectivity index (χ0) is 13.0. The van der Waals surface area contributed by atoms with Crippen molar-refractivity contribution in [3.8, 4) is 11.1 Å². The lowest BCUT2D eigenvalue weighted by Crippen LogP contribution is -2.08. The van der Waals surface area contributed by atoms with Crippen LogP contribution in [0.2, 0.25) is 0 Å². The van der Waals surface area contributed by atoms with Crippen LogP contribution < -0.4 is 0 Å². The molecule has 2 aromatic rings. The highest BCUT2D eigenvalue weighted by Gasteiger charge is 2.09. The summed E-state index contributed by atoms with van der Waals surface area (Å²) in [6.07, 6.45) is 0. The van der Waals surface area contributed by atoms with Crippen LogP contribution in [0.1, 0.15) is 17.3 Å².